The van der Waals surface area contributed by atoms with Gasteiger partial charge in [-0.2, -0.15) is 0 Å². The summed E-state index contributed by atoms with van der Waals surface area (Å²) in [6.45, 7) is 1.69. The van der Waals surface area contributed by atoms with Crippen molar-refractivity contribution in [1.82, 2.24) is 4.98 Å². The number of aromatic nitrogens is 1. The van der Waals surface area contributed by atoms with Gasteiger partial charge < -0.3 is 15.8 Å². The molecule has 5 rings (SSSR count). The maximum absolute atomic E-state index is 13.2. The lowest BCUT2D eigenvalue weighted by atomic mass is 10.1. The Morgan fingerprint density at radius 2 is 1.80 bits per heavy atom. The molecule has 1 aromatic heterocycles. The lowest BCUT2D eigenvalue weighted by Crippen LogP contribution is -2.32. The summed E-state index contributed by atoms with van der Waals surface area (Å²) in [4.78, 5) is 44.3. The van der Waals surface area contributed by atoms with Crippen molar-refractivity contribution in [3.05, 3.63) is 104 Å². The Labute approximate surface area is 241 Å². The number of thiazole rings is 1. The molecule has 0 aliphatic carbocycles. The van der Waals surface area contributed by atoms with Gasteiger partial charge >= 0.3 is 0 Å². The highest BCUT2D eigenvalue weighted by molar-refractivity contribution is 7.14. The molecule has 13 heteroatoms. The second-order valence-corrected chi connectivity index (χ2v) is 10.2. The summed E-state index contributed by atoms with van der Waals surface area (Å²) >= 11 is 13.6. The Morgan fingerprint density at radius 3 is 2.58 bits per heavy atom. The van der Waals surface area contributed by atoms with Crippen molar-refractivity contribution >= 4 is 74.5 Å². The zero-order valence-corrected chi connectivity index (χ0v) is 22.8. The molecule has 3 aromatic carbocycles. The van der Waals surface area contributed by atoms with E-state index in [1.54, 1.807) is 60.8 Å². The van der Waals surface area contributed by atoms with Crippen molar-refractivity contribution < 1.29 is 19.6 Å². The number of hydrogen-bond donors (Lipinski definition) is 3. The number of imide groups is 1. The molecule has 3 N–H and O–H groups in total. The van der Waals surface area contributed by atoms with Crippen LogP contribution in [0.4, 0.5) is 22.2 Å². The molecule has 3 amide bonds. The summed E-state index contributed by atoms with van der Waals surface area (Å²) in [5.74, 6) is -1.82. The molecule has 40 heavy (non-hydrogen) atoms. The summed E-state index contributed by atoms with van der Waals surface area (Å²) in [7, 11) is 0. The number of nitrogens with one attached hydrogen (secondary N) is 2. The number of rotatable bonds is 7. The number of nitrogens with zero attached hydrogens (tertiary/aromatic N) is 3. The lowest BCUT2D eigenvalue weighted by molar-refractivity contribution is -0.120. The second kappa shape index (κ2) is 11.1. The van der Waals surface area contributed by atoms with E-state index < -0.39 is 17.7 Å². The van der Waals surface area contributed by atoms with Crippen LogP contribution in [0.25, 0.3) is 11.3 Å². The summed E-state index contributed by atoms with van der Waals surface area (Å²) in [6, 6.07) is 17.4. The first-order chi connectivity index (χ1) is 19.1. The minimum atomic E-state index is -0.694. The molecule has 1 aliphatic rings. The molecule has 0 radical (unpaired) electrons. The van der Waals surface area contributed by atoms with E-state index in [1.165, 1.54) is 29.5 Å². The van der Waals surface area contributed by atoms with E-state index in [2.05, 4.69) is 15.6 Å². The Bertz CT molecular complexity index is 1700. The van der Waals surface area contributed by atoms with E-state index in [9.17, 15) is 19.6 Å². The summed E-state index contributed by atoms with van der Waals surface area (Å²) in [5, 5.41) is 27.7. The van der Waals surface area contributed by atoms with Crippen LogP contribution in [0, 0.1) is 12.1 Å². The molecule has 0 bridgehead atoms. The smallest absolute Gasteiger partial charge is 0.283 e. The quantitative estimate of drug-likeness (QED) is 0.171. The molecule has 0 saturated carbocycles. The summed E-state index contributed by atoms with van der Waals surface area (Å²) < 4.78 is 0. The van der Waals surface area contributed by atoms with E-state index in [4.69, 9.17) is 28.4 Å². The molecule has 4 aromatic rings. The Hall–Kier alpha value is -4.26. The number of hydrogen-bond acceptors (Lipinski definition) is 9. The number of anilines is 4. The average Bonchev–Trinajstić information content (AvgIpc) is 3.49. The summed E-state index contributed by atoms with van der Waals surface area (Å²) in [6.07, 6.45) is 0. The average molecular weight is 595 g/mol. The van der Waals surface area contributed by atoms with E-state index >= 15 is 0 Å². The van der Waals surface area contributed by atoms with Gasteiger partial charge in [-0.05, 0) is 55.0 Å². The van der Waals surface area contributed by atoms with Crippen LogP contribution in [-0.2, 0) is 9.59 Å². The SMILES string of the molecule is Cc1c(Cl)cccc1N1C(=O)C(Cl)=C(Nc2cccc(C(=O)Nc3nc(-c4cccc(N([O-])O)c4)cs3)c2)C1=O. The summed E-state index contributed by atoms with van der Waals surface area (Å²) in [5.41, 5.74) is 2.48. The van der Waals surface area contributed by atoms with E-state index in [1.807, 2.05) is 0 Å². The number of carbonyl (C=O) groups is 3. The van der Waals surface area contributed by atoms with Crippen molar-refractivity contribution in [2.75, 3.05) is 20.8 Å². The third kappa shape index (κ3) is 5.28. The van der Waals surface area contributed by atoms with Crippen LogP contribution in [0.15, 0.2) is 82.8 Å². The van der Waals surface area contributed by atoms with Gasteiger partial charge in [-0.3, -0.25) is 24.9 Å². The molecule has 0 spiro atoms. The largest absolute Gasteiger partial charge is 0.733 e. The van der Waals surface area contributed by atoms with Gasteiger partial charge in [0.15, 0.2) is 5.13 Å². The first kappa shape index (κ1) is 27.3. The van der Waals surface area contributed by atoms with E-state index in [0.29, 0.717) is 38.3 Å². The Balaban J connectivity index is 1.31. The van der Waals surface area contributed by atoms with Gasteiger partial charge in [-0.25, -0.2) is 9.88 Å². The van der Waals surface area contributed by atoms with Crippen molar-refractivity contribution in [3.8, 4) is 11.3 Å². The fraction of sp³-hybridized carbons (Fsp3) is 0.0370. The van der Waals surface area contributed by atoms with E-state index in [-0.39, 0.29) is 27.2 Å². The highest BCUT2D eigenvalue weighted by atomic mass is 35.5. The van der Waals surface area contributed by atoms with E-state index in [0.717, 1.165) is 4.90 Å². The van der Waals surface area contributed by atoms with Crippen LogP contribution in [0.3, 0.4) is 0 Å². The van der Waals surface area contributed by atoms with Crippen LogP contribution in [-0.4, -0.2) is 27.9 Å². The monoisotopic (exact) mass is 594 g/mol. The predicted octanol–water partition coefficient (Wildman–Crippen LogP) is 6.15. The van der Waals surface area contributed by atoms with Crippen molar-refractivity contribution in [1.29, 1.82) is 0 Å². The molecular weight excluding hydrogens is 577 g/mol. The van der Waals surface area contributed by atoms with Gasteiger partial charge in [0.2, 0.25) is 0 Å². The van der Waals surface area contributed by atoms with Crippen LogP contribution >= 0.6 is 34.5 Å². The minimum absolute atomic E-state index is 0.0453. The molecule has 0 atom stereocenters. The first-order valence-corrected chi connectivity index (χ1v) is 13.2. The third-order valence-electron chi connectivity index (χ3n) is 5.99. The molecule has 10 nitrogen and oxygen atoms in total. The lowest BCUT2D eigenvalue weighted by Gasteiger charge is -2.21. The molecule has 202 valence electrons. The Morgan fingerprint density at radius 1 is 1.05 bits per heavy atom. The van der Waals surface area contributed by atoms with Gasteiger partial charge in [0, 0.05) is 27.2 Å². The highest BCUT2D eigenvalue weighted by Gasteiger charge is 2.39. The van der Waals surface area contributed by atoms with Gasteiger partial charge in [0.1, 0.15) is 10.7 Å². The van der Waals surface area contributed by atoms with Crippen LogP contribution in [0.2, 0.25) is 5.02 Å². The van der Waals surface area contributed by atoms with Gasteiger partial charge in [0.05, 0.1) is 17.1 Å². The maximum atomic E-state index is 13.2. The number of benzene rings is 3. The van der Waals surface area contributed by atoms with Gasteiger partial charge in [0.25, 0.3) is 17.7 Å². The van der Waals surface area contributed by atoms with Gasteiger partial charge in [-0.1, -0.05) is 47.5 Å². The standard InChI is InChI=1S/C27H18Cl2N5O5S/c1-14-19(28)9-4-10-21(14)33-25(36)22(29)23(26(33)37)30-17-7-2-6-16(11-17)24(35)32-27-31-20(13-40-27)15-5-3-8-18(12-15)34(38)39/h2-13,30,38H,1H3,(H,31,32,35)/q-1. The van der Waals surface area contributed by atoms with Crippen molar-refractivity contribution in [3.63, 3.8) is 0 Å². The minimum Gasteiger partial charge on any atom is -0.733 e. The van der Waals surface area contributed by atoms with Crippen LogP contribution in [0.1, 0.15) is 15.9 Å². The van der Waals surface area contributed by atoms with Crippen LogP contribution in [0.5, 0.6) is 0 Å². The van der Waals surface area contributed by atoms with Crippen molar-refractivity contribution in [2.45, 2.75) is 6.92 Å². The normalized spacial score (nSPS) is 13.2. The highest BCUT2D eigenvalue weighted by Crippen LogP contribution is 2.34. The predicted molar refractivity (Wildman–Crippen MR) is 155 cm³/mol. The molecule has 0 fully saturated rings. The zero-order valence-electron chi connectivity index (χ0n) is 20.5. The maximum Gasteiger partial charge on any atom is 0.283 e. The fourth-order valence-electron chi connectivity index (χ4n) is 3.97. The van der Waals surface area contributed by atoms with Crippen molar-refractivity contribution in [2.24, 2.45) is 0 Å². The second-order valence-electron chi connectivity index (χ2n) is 8.54. The third-order valence-corrected chi connectivity index (χ3v) is 7.51. The first-order valence-electron chi connectivity index (χ1n) is 11.6. The molecule has 2 heterocycles. The molecular formula is C27H18Cl2N5O5S-. The number of halogens is 2. The zero-order chi connectivity index (χ0) is 28.6. The molecule has 1 aliphatic heterocycles. The fourth-order valence-corrected chi connectivity index (χ4v) is 5.07. The Kier molecular flexibility index (Phi) is 7.57. The van der Waals surface area contributed by atoms with Crippen LogP contribution < -0.4 is 20.8 Å². The number of amides is 3. The topological polar surface area (TPSA) is 138 Å². The molecule has 0 saturated heterocycles. The number of carbonyl (C=O) groups excluding carboxylic acids is 3. The molecule has 0 unspecified atom stereocenters. The van der Waals surface area contributed by atoms with Gasteiger partial charge in [-0.15, -0.1) is 11.3 Å².